The van der Waals surface area contributed by atoms with Gasteiger partial charge in [-0.05, 0) is 45.5 Å². The molecule has 3 aromatic rings. The van der Waals surface area contributed by atoms with E-state index in [1.165, 1.54) is 33.0 Å². The van der Waals surface area contributed by atoms with Crippen molar-refractivity contribution >= 4 is 16.8 Å². The minimum atomic E-state index is 0.938. The molecule has 0 bridgehead atoms. The zero-order valence-electron chi connectivity index (χ0n) is 10.6. The summed E-state index contributed by atoms with van der Waals surface area (Å²) >= 11 is 0. The van der Waals surface area contributed by atoms with Crippen LogP contribution >= 0.6 is 0 Å². The number of hydrogen-bond donors (Lipinski definition) is 0. The van der Waals surface area contributed by atoms with Gasteiger partial charge in [-0.25, -0.2) is 0 Å². The van der Waals surface area contributed by atoms with Crippen molar-refractivity contribution in [1.29, 1.82) is 0 Å². The van der Waals surface area contributed by atoms with Crippen LogP contribution in [-0.2, 0) is 6.42 Å². The van der Waals surface area contributed by atoms with E-state index in [0.29, 0.717) is 0 Å². The third-order valence-electron chi connectivity index (χ3n) is 3.82. The Labute approximate surface area is 113 Å². The van der Waals surface area contributed by atoms with Crippen LogP contribution in [0.1, 0.15) is 11.1 Å². The second-order valence-corrected chi connectivity index (χ2v) is 4.93. The van der Waals surface area contributed by atoms with Gasteiger partial charge in [-0.2, -0.15) is 0 Å². The van der Waals surface area contributed by atoms with Crippen molar-refractivity contribution in [3.8, 4) is 11.1 Å². The molecule has 19 heavy (non-hydrogen) atoms. The molecule has 0 nitrogen and oxygen atoms in total. The Bertz CT molecular complexity index is 789. The summed E-state index contributed by atoms with van der Waals surface area (Å²) in [6.07, 6.45) is 6.39. The van der Waals surface area contributed by atoms with Crippen molar-refractivity contribution in [3.63, 3.8) is 0 Å². The average molecular weight is 241 g/mol. The summed E-state index contributed by atoms with van der Waals surface area (Å²) < 4.78 is 0. The molecule has 0 aromatic heterocycles. The normalized spacial score (nSPS) is 12.8. The smallest absolute Gasteiger partial charge is 0.00165 e. The minimum absolute atomic E-state index is 0.938. The first-order valence-corrected chi connectivity index (χ1v) is 6.60. The maximum atomic E-state index is 3.32. The van der Waals surface area contributed by atoms with Gasteiger partial charge >= 0.3 is 0 Å². The first kappa shape index (κ1) is 10.6. The fourth-order valence-electron chi connectivity index (χ4n) is 2.90. The molecule has 1 aliphatic carbocycles. The molecule has 3 aromatic carbocycles. The number of allylic oxidation sites excluding steroid dienone is 1. The van der Waals surface area contributed by atoms with Crippen LogP contribution < -0.4 is 0 Å². The fraction of sp³-hybridized carbons (Fsp3) is 0.0526. The summed E-state index contributed by atoms with van der Waals surface area (Å²) in [7, 11) is 0. The van der Waals surface area contributed by atoms with E-state index in [1.54, 1.807) is 0 Å². The Morgan fingerprint density at radius 2 is 1.53 bits per heavy atom. The summed E-state index contributed by atoms with van der Waals surface area (Å²) in [5.41, 5.74) is 5.35. The summed E-state index contributed by atoms with van der Waals surface area (Å²) in [5.74, 6) is 0. The molecule has 1 aliphatic rings. The SMILES string of the molecule is [C]1=Cc2c(cccc2-c2cccc3ccccc23)C1. The molecular weight excluding hydrogens is 228 g/mol. The average Bonchev–Trinajstić information content (AvgIpc) is 2.95. The van der Waals surface area contributed by atoms with Crippen LogP contribution in [-0.4, -0.2) is 0 Å². The van der Waals surface area contributed by atoms with Gasteiger partial charge in [0, 0.05) is 0 Å². The summed E-state index contributed by atoms with van der Waals surface area (Å²) in [5, 5.41) is 2.61. The molecule has 0 saturated carbocycles. The van der Waals surface area contributed by atoms with Gasteiger partial charge in [0.25, 0.3) is 0 Å². The van der Waals surface area contributed by atoms with Crippen molar-refractivity contribution in [3.05, 3.63) is 77.9 Å². The molecule has 0 amide bonds. The maximum Gasteiger partial charge on any atom is -0.00165 e. The van der Waals surface area contributed by atoms with Gasteiger partial charge in [-0.15, -0.1) is 0 Å². The van der Waals surface area contributed by atoms with Crippen molar-refractivity contribution in [2.24, 2.45) is 0 Å². The summed E-state index contributed by atoms with van der Waals surface area (Å²) in [6, 6.07) is 21.7. The molecule has 0 aliphatic heterocycles. The lowest BCUT2D eigenvalue weighted by Crippen LogP contribution is -1.88. The van der Waals surface area contributed by atoms with Crippen LogP contribution in [0.5, 0.6) is 0 Å². The third kappa shape index (κ3) is 1.61. The van der Waals surface area contributed by atoms with Gasteiger partial charge in [-0.1, -0.05) is 66.7 Å². The molecule has 0 spiro atoms. The topological polar surface area (TPSA) is 0 Å². The van der Waals surface area contributed by atoms with Crippen molar-refractivity contribution < 1.29 is 0 Å². The van der Waals surface area contributed by atoms with Gasteiger partial charge in [0.1, 0.15) is 0 Å². The fourth-order valence-corrected chi connectivity index (χ4v) is 2.90. The monoisotopic (exact) mass is 241 g/mol. The molecule has 0 saturated heterocycles. The molecule has 0 atom stereocenters. The van der Waals surface area contributed by atoms with Crippen molar-refractivity contribution in [1.82, 2.24) is 0 Å². The lowest BCUT2D eigenvalue weighted by molar-refractivity contribution is 1.28. The van der Waals surface area contributed by atoms with Crippen LogP contribution in [0, 0.1) is 6.08 Å². The predicted octanol–water partition coefficient (Wildman–Crippen LogP) is 4.88. The molecule has 0 heteroatoms. The van der Waals surface area contributed by atoms with E-state index in [4.69, 9.17) is 0 Å². The Morgan fingerprint density at radius 1 is 0.737 bits per heavy atom. The number of fused-ring (bicyclic) bond motifs is 2. The molecule has 0 heterocycles. The van der Waals surface area contributed by atoms with Crippen LogP contribution in [0.2, 0.25) is 0 Å². The van der Waals surface area contributed by atoms with Gasteiger partial charge < -0.3 is 0 Å². The molecular formula is C19H13. The standard InChI is InChI=1S/C19H13/c1-2-10-16-14(6-1)8-4-12-18(16)19-13-5-9-15-7-3-11-17(15)19/h1-2,4-6,8-13H,7H2. The van der Waals surface area contributed by atoms with E-state index in [9.17, 15) is 0 Å². The number of rotatable bonds is 1. The number of hydrogen-bond acceptors (Lipinski definition) is 0. The zero-order chi connectivity index (χ0) is 12.7. The van der Waals surface area contributed by atoms with Crippen LogP contribution in [0.4, 0.5) is 0 Å². The van der Waals surface area contributed by atoms with Gasteiger partial charge in [0.05, 0.1) is 0 Å². The second-order valence-electron chi connectivity index (χ2n) is 4.93. The van der Waals surface area contributed by atoms with Crippen molar-refractivity contribution in [2.45, 2.75) is 6.42 Å². The first-order valence-electron chi connectivity index (χ1n) is 6.60. The van der Waals surface area contributed by atoms with Gasteiger partial charge in [-0.3, -0.25) is 0 Å². The lowest BCUT2D eigenvalue weighted by atomic mass is 9.93. The lowest BCUT2D eigenvalue weighted by Gasteiger charge is -2.11. The molecule has 1 radical (unpaired) electrons. The van der Waals surface area contributed by atoms with E-state index in [-0.39, 0.29) is 0 Å². The van der Waals surface area contributed by atoms with Crippen LogP contribution in [0.25, 0.3) is 28.0 Å². The molecule has 89 valence electrons. The summed E-state index contributed by atoms with van der Waals surface area (Å²) in [4.78, 5) is 0. The van der Waals surface area contributed by atoms with E-state index < -0.39 is 0 Å². The zero-order valence-corrected chi connectivity index (χ0v) is 10.6. The maximum absolute atomic E-state index is 3.32. The highest BCUT2D eigenvalue weighted by atomic mass is 14.2. The molecule has 4 rings (SSSR count). The minimum Gasteiger partial charge on any atom is -0.0616 e. The molecule has 0 fully saturated rings. The third-order valence-corrected chi connectivity index (χ3v) is 3.82. The Kier molecular flexibility index (Phi) is 2.28. The van der Waals surface area contributed by atoms with Crippen molar-refractivity contribution in [2.75, 3.05) is 0 Å². The quantitative estimate of drug-likeness (QED) is 0.569. The largest absolute Gasteiger partial charge is 0.0616 e. The molecule has 0 N–H and O–H groups in total. The first-order chi connectivity index (χ1) is 9.43. The predicted molar refractivity (Wildman–Crippen MR) is 80.8 cm³/mol. The highest BCUT2D eigenvalue weighted by molar-refractivity contribution is 5.98. The second kappa shape index (κ2) is 4.10. The highest BCUT2D eigenvalue weighted by Gasteiger charge is 2.12. The van der Waals surface area contributed by atoms with Crippen LogP contribution in [0.15, 0.2) is 60.7 Å². The Morgan fingerprint density at radius 3 is 2.53 bits per heavy atom. The van der Waals surface area contributed by atoms with E-state index in [1.807, 2.05) is 0 Å². The highest BCUT2D eigenvalue weighted by Crippen LogP contribution is 2.34. The number of benzene rings is 3. The summed E-state index contributed by atoms with van der Waals surface area (Å²) in [6.45, 7) is 0. The Balaban J connectivity index is 2.06. The van der Waals surface area contributed by atoms with Gasteiger partial charge in [0.15, 0.2) is 0 Å². The van der Waals surface area contributed by atoms with E-state index in [0.717, 1.165) is 6.42 Å². The Hall–Kier alpha value is -2.34. The molecule has 0 unspecified atom stereocenters. The van der Waals surface area contributed by atoms with Crippen LogP contribution in [0.3, 0.4) is 0 Å². The van der Waals surface area contributed by atoms with Gasteiger partial charge in [0.2, 0.25) is 0 Å². The van der Waals surface area contributed by atoms with E-state index in [2.05, 4.69) is 72.8 Å². The van der Waals surface area contributed by atoms with E-state index >= 15 is 0 Å².